The molecule has 4 aromatic carbocycles. The first-order chi connectivity index (χ1) is 22.0. The van der Waals surface area contributed by atoms with E-state index in [0.717, 1.165) is 26.6 Å². The van der Waals surface area contributed by atoms with E-state index >= 15 is 0 Å². The summed E-state index contributed by atoms with van der Waals surface area (Å²) in [7, 11) is -2.78. The third-order valence-corrected chi connectivity index (χ3v) is 9.73. The van der Waals surface area contributed by atoms with Gasteiger partial charge in [0.15, 0.2) is 0 Å². The molecule has 1 N–H and O–H groups in total. The number of rotatable bonds is 14. The van der Waals surface area contributed by atoms with E-state index < -0.39 is 28.5 Å². The summed E-state index contributed by atoms with van der Waals surface area (Å²) in [6.45, 7) is 7.17. The van der Waals surface area contributed by atoms with E-state index in [1.807, 2.05) is 94.4 Å². The molecule has 0 radical (unpaired) electrons. The Labute approximate surface area is 273 Å². The molecule has 0 unspecified atom stereocenters. The normalized spacial score (nSPS) is 12.5. The molecule has 0 heterocycles. The summed E-state index contributed by atoms with van der Waals surface area (Å²) in [5, 5.41) is 3.06. The molecule has 46 heavy (non-hydrogen) atoms. The lowest BCUT2D eigenvalue weighted by molar-refractivity contribution is -0.140. The van der Waals surface area contributed by atoms with Gasteiger partial charge in [0, 0.05) is 19.0 Å². The molecule has 4 rings (SSSR count). The van der Waals surface area contributed by atoms with Crippen molar-refractivity contribution in [1.82, 2.24) is 10.2 Å². The lowest BCUT2D eigenvalue weighted by Crippen LogP contribution is -2.54. The molecule has 2 amide bonds. The van der Waals surface area contributed by atoms with Gasteiger partial charge in [-0.2, -0.15) is 0 Å². The number of benzene rings is 4. The zero-order valence-electron chi connectivity index (χ0n) is 27.1. The van der Waals surface area contributed by atoms with Gasteiger partial charge < -0.3 is 15.0 Å². The SMILES string of the molecule is CC[C@@H](C)NC(=O)[C@@H](Cc1ccccc1)N(Cc1ccccc1)C(=O)CN(c1cc(C)ccc1OC)S(=O)(=O)c1ccc(C)cc1. The number of anilines is 1. The molecule has 8 nitrogen and oxygen atoms in total. The van der Waals surface area contributed by atoms with Crippen LogP contribution in [0, 0.1) is 13.8 Å². The topological polar surface area (TPSA) is 96.0 Å². The van der Waals surface area contributed by atoms with Gasteiger partial charge in [0.25, 0.3) is 10.0 Å². The molecule has 0 aromatic heterocycles. The Morgan fingerprint density at radius 2 is 1.41 bits per heavy atom. The molecular formula is C37H43N3O5S. The van der Waals surface area contributed by atoms with Crippen molar-refractivity contribution in [1.29, 1.82) is 0 Å². The molecular weight excluding hydrogens is 598 g/mol. The van der Waals surface area contributed by atoms with E-state index in [-0.39, 0.29) is 35.5 Å². The van der Waals surface area contributed by atoms with Gasteiger partial charge in [-0.1, -0.05) is 91.3 Å². The highest BCUT2D eigenvalue weighted by molar-refractivity contribution is 7.92. The first-order valence-corrected chi connectivity index (χ1v) is 16.9. The van der Waals surface area contributed by atoms with Crippen molar-refractivity contribution in [3.63, 3.8) is 0 Å². The fourth-order valence-corrected chi connectivity index (χ4v) is 6.54. The lowest BCUT2D eigenvalue weighted by Gasteiger charge is -2.34. The smallest absolute Gasteiger partial charge is 0.264 e. The average Bonchev–Trinajstić information content (AvgIpc) is 3.06. The Morgan fingerprint density at radius 1 is 0.826 bits per heavy atom. The van der Waals surface area contributed by atoms with Crippen LogP contribution in [0.1, 0.15) is 42.5 Å². The molecule has 242 valence electrons. The number of carbonyl (C=O) groups excluding carboxylic acids is 2. The minimum atomic E-state index is -4.24. The predicted molar refractivity (Wildman–Crippen MR) is 182 cm³/mol. The summed E-state index contributed by atoms with van der Waals surface area (Å²) in [6.07, 6.45) is 0.965. The quantitative estimate of drug-likeness (QED) is 0.181. The van der Waals surface area contributed by atoms with Gasteiger partial charge in [-0.05, 0) is 68.1 Å². The number of amides is 2. The number of hydrogen-bond donors (Lipinski definition) is 1. The molecule has 0 saturated carbocycles. The Balaban J connectivity index is 1.84. The Kier molecular flexibility index (Phi) is 11.6. The van der Waals surface area contributed by atoms with Crippen LogP contribution in [0.25, 0.3) is 0 Å². The average molecular weight is 642 g/mol. The van der Waals surface area contributed by atoms with Crippen molar-refractivity contribution in [2.45, 2.75) is 64.1 Å². The Hall–Kier alpha value is -4.63. The molecule has 4 aromatic rings. The first-order valence-electron chi connectivity index (χ1n) is 15.4. The van der Waals surface area contributed by atoms with Gasteiger partial charge >= 0.3 is 0 Å². The largest absolute Gasteiger partial charge is 0.495 e. The van der Waals surface area contributed by atoms with Gasteiger partial charge in [0.05, 0.1) is 17.7 Å². The van der Waals surface area contributed by atoms with Crippen LogP contribution in [0.5, 0.6) is 5.75 Å². The van der Waals surface area contributed by atoms with Crippen LogP contribution in [-0.2, 0) is 32.6 Å². The van der Waals surface area contributed by atoms with Crippen LogP contribution in [0.4, 0.5) is 5.69 Å². The van der Waals surface area contributed by atoms with Gasteiger partial charge in [-0.25, -0.2) is 8.42 Å². The van der Waals surface area contributed by atoms with E-state index in [0.29, 0.717) is 12.2 Å². The van der Waals surface area contributed by atoms with Crippen LogP contribution in [0.15, 0.2) is 108 Å². The molecule has 0 aliphatic rings. The van der Waals surface area contributed by atoms with Crippen LogP contribution in [0.3, 0.4) is 0 Å². The van der Waals surface area contributed by atoms with Gasteiger partial charge in [-0.15, -0.1) is 0 Å². The maximum absolute atomic E-state index is 14.6. The highest BCUT2D eigenvalue weighted by Crippen LogP contribution is 2.34. The van der Waals surface area contributed by atoms with Gasteiger partial charge in [-0.3, -0.25) is 13.9 Å². The number of ether oxygens (including phenoxy) is 1. The van der Waals surface area contributed by atoms with E-state index in [1.165, 1.54) is 24.1 Å². The summed E-state index contributed by atoms with van der Waals surface area (Å²) < 4.78 is 35.4. The van der Waals surface area contributed by atoms with E-state index in [4.69, 9.17) is 4.74 Å². The molecule has 0 aliphatic heterocycles. The second-order valence-electron chi connectivity index (χ2n) is 11.5. The second-order valence-corrected chi connectivity index (χ2v) is 13.4. The van der Waals surface area contributed by atoms with Crippen LogP contribution >= 0.6 is 0 Å². The lowest BCUT2D eigenvalue weighted by atomic mass is 10.0. The standard InChI is InChI=1S/C37H43N3O5S/c1-6-29(4)38-37(42)34(24-30-13-9-7-10-14-30)39(25-31-15-11-8-12-16-31)36(41)26-40(33-23-28(3)19-22-35(33)45-5)46(43,44)32-20-17-27(2)18-21-32/h7-23,29,34H,6,24-26H2,1-5H3,(H,38,42)/t29-,34-/m1/s1. The zero-order valence-corrected chi connectivity index (χ0v) is 28.0. The summed E-state index contributed by atoms with van der Waals surface area (Å²) in [4.78, 5) is 30.1. The van der Waals surface area contributed by atoms with Crippen molar-refractivity contribution in [3.8, 4) is 5.75 Å². The maximum Gasteiger partial charge on any atom is 0.264 e. The molecule has 9 heteroatoms. The number of sulfonamides is 1. The van der Waals surface area contributed by atoms with Crippen LogP contribution in [-0.4, -0.2) is 50.9 Å². The first kappa shape index (κ1) is 34.2. The molecule has 2 atom stereocenters. The number of methoxy groups -OCH3 is 1. The fourth-order valence-electron chi connectivity index (χ4n) is 5.12. The third-order valence-electron chi connectivity index (χ3n) is 7.96. The van der Waals surface area contributed by atoms with Crippen molar-refractivity contribution in [2.24, 2.45) is 0 Å². The molecule has 0 saturated heterocycles. The van der Waals surface area contributed by atoms with Crippen molar-refractivity contribution < 1.29 is 22.7 Å². The van der Waals surface area contributed by atoms with Crippen molar-refractivity contribution >= 4 is 27.5 Å². The Morgan fingerprint density at radius 3 is 2.00 bits per heavy atom. The van der Waals surface area contributed by atoms with Crippen LogP contribution < -0.4 is 14.4 Å². The van der Waals surface area contributed by atoms with Gasteiger partial charge in [0.2, 0.25) is 11.8 Å². The molecule has 0 fully saturated rings. The summed E-state index contributed by atoms with van der Waals surface area (Å²) in [5.74, 6) is -0.522. The monoisotopic (exact) mass is 641 g/mol. The molecule has 0 bridgehead atoms. The highest BCUT2D eigenvalue weighted by atomic mass is 32.2. The third kappa shape index (κ3) is 8.54. The number of nitrogens with one attached hydrogen (secondary N) is 1. The number of hydrogen-bond acceptors (Lipinski definition) is 5. The van der Waals surface area contributed by atoms with E-state index in [2.05, 4.69) is 5.32 Å². The highest BCUT2D eigenvalue weighted by Gasteiger charge is 2.36. The molecule has 0 spiro atoms. The number of carbonyl (C=O) groups is 2. The maximum atomic E-state index is 14.6. The van der Waals surface area contributed by atoms with Gasteiger partial charge in [0.1, 0.15) is 18.3 Å². The van der Waals surface area contributed by atoms with Crippen molar-refractivity contribution in [3.05, 3.63) is 125 Å². The minimum absolute atomic E-state index is 0.0411. The zero-order chi connectivity index (χ0) is 33.3. The van der Waals surface area contributed by atoms with E-state index in [9.17, 15) is 18.0 Å². The Bertz CT molecular complexity index is 1710. The number of nitrogens with zero attached hydrogens (tertiary/aromatic N) is 2. The number of aryl methyl sites for hydroxylation is 2. The molecule has 0 aliphatic carbocycles. The summed E-state index contributed by atoms with van der Waals surface area (Å²) in [5.41, 5.74) is 3.62. The minimum Gasteiger partial charge on any atom is -0.495 e. The fraction of sp³-hybridized carbons (Fsp3) is 0.297. The van der Waals surface area contributed by atoms with Crippen LogP contribution in [0.2, 0.25) is 0 Å². The van der Waals surface area contributed by atoms with E-state index in [1.54, 1.807) is 24.3 Å². The summed E-state index contributed by atoms with van der Waals surface area (Å²) >= 11 is 0. The van der Waals surface area contributed by atoms with Crippen molar-refractivity contribution in [2.75, 3.05) is 18.0 Å². The second kappa shape index (κ2) is 15.6. The predicted octanol–water partition coefficient (Wildman–Crippen LogP) is 6.06. The summed E-state index contributed by atoms with van der Waals surface area (Å²) in [6, 6.07) is 29.6.